The van der Waals surface area contributed by atoms with Gasteiger partial charge >= 0.3 is 0 Å². The highest BCUT2D eigenvalue weighted by Gasteiger charge is 2.16. The monoisotopic (exact) mass is 364 g/mol. The van der Waals surface area contributed by atoms with E-state index in [0.29, 0.717) is 25.5 Å². The first-order valence-electron chi connectivity index (χ1n) is 9.02. The molecule has 0 radical (unpaired) electrons. The summed E-state index contributed by atoms with van der Waals surface area (Å²) in [7, 11) is 0. The highest BCUT2D eigenvalue weighted by Crippen LogP contribution is 2.14. The Hall–Kier alpha value is -3.06. The molecule has 0 saturated heterocycles. The molecule has 0 aliphatic carbocycles. The van der Waals surface area contributed by atoms with Crippen LogP contribution in [0.25, 0.3) is 11.4 Å². The van der Waals surface area contributed by atoms with Gasteiger partial charge in [-0.3, -0.25) is 4.79 Å². The molecule has 1 aromatic heterocycles. The fraction of sp³-hybridized carbons (Fsp3) is 0.300. The second-order valence-electron chi connectivity index (χ2n) is 6.45. The van der Waals surface area contributed by atoms with E-state index in [9.17, 15) is 4.79 Å². The predicted molar refractivity (Wildman–Crippen MR) is 104 cm³/mol. The van der Waals surface area contributed by atoms with Gasteiger partial charge in [0.25, 0.3) is 0 Å². The third kappa shape index (κ3) is 5.21. The third-order valence-corrected chi connectivity index (χ3v) is 4.24. The highest BCUT2D eigenvalue weighted by atomic mass is 16.2. The number of rotatable bonds is 8. The van der Waals surface area contributed by atoms with E-state index in [1.807, 2.05) is 61.5 Å². The molecule has 2 aromatic carbocycles. The number of benzene rings is 2. The molecule has 0 unspecified atom stereocenters. The van der Waals surface area contributed by atoms with Gasteiger partial charge in [0.15, 0.2) is 0 Å². The van der Waals surface area contributed by atoms with Crippen molar-refractivity contribution in [1.82, 2.24) is 25.1 Å². The van der Waals surface area contributed by atoms with Crippen molar-refractivity contribution >= 4 is 5.91 Å². The van der Waals surface area contributed by atoms with Crippen LogP contribution in [0.3, 0.4) is 0 Å². The second kappa shape index (κ2) is 9.05. The lowest BCUT2D eigenvalue weighted by molar-refractivity contribution is -0.133. The average molecular weight is 364 g/mol. The number of nitrogens with zero attached hydrogens (tertiary/aromatic N) is 5. The second-order valence-corrected chi connectivity index (χ2v) is 6.45. The maximum absolute atomic E-state index is 12.8. The maximum atomic E-state index is 12.8. The number of tetrazole rings is 1. The lowest BCUT2D eigenvalue weighted by Crippen LogP contribution is -2.35. The van der Waals surface area contributed by atoms with Crippen molar-refractivity contribution in [2.45, 2.75) is 26.4 Å². The van der Waals surface area contributed by atoms with Crippen LogP contribution >= 0.6 is 0 Å². The predicted octanol–water partition coefficient (Wildman–Crippen LogP) is 2.03. The van der Waals surface area contributed by atoms with Crippen LogP contribution < -0.4 is 5.73 Å². The van der Waals surface area contributed by atoms with Crippen LogP contribution in [-0.2, 0) is 17.9 Å². The van der Waals surface area contributed by atoms with Gasteiger partial charge in [0.05, 0.1) is 0 Å². The topological polar surface area (TPSA) is 89.9 Å². The van der Waals surface area contributed by atoms with Crippen LogP contribution in [0.4, 0.5) is 0 Å². The van der Waals surface area contributed by atoms with Gasteiger partial charge in [-0.2, -0.15) is 4.80 Å². The summed E-state index contributed by atoms with van der Waals surface area (Å²) in [5, 5.41) is 12.4. The van der Waals surface area contributed by atoms with E-state index < -0.39 is 0 Å². The maximum Gasteiger partial charge on any atom is 0.246 e. The molecule has 0 fully saturated rings. The molecule has 140 valence electrons. The Balaban J connectivity index is 1.68. The standard InChI is InChI=1S/C20H24N6O/c1-16-8-10-18(11-9-16)20-22-24-26(23-20)15-19(27)25(13-5-12-21)14-17-6-3-2-4-7-17/h2-4,6-11H,5,12-15,21H2,1H3. The molecule has 27 heavy (non-hydrogen) atoms. The Morgan fingerprint density at radius 1 is 1.11 bits per heavy atom. The summed E-state index contributed by atoms with van der Waals surface area (Å²) in [6.45, 7) is 3.76. The third-order valence-electron chi connectivity index (χ3n) is 4.24. The Labute approximate surface area is 158 Å². The zero-order valence-electron chi connectivity index (χ0n) is 15.5. The molecule has 7 nitrogen and oxygen atoms in total. The van der Waals surface area contributed by atoms with Crippen molar-refractivity contribution in [1.29, 1.82) is 0 Å². The minimum Gasteiger partial charge on any atom is -0.337 e. The number of carbonyl (C=O) groups excluding carboxylic acids is 1. The van der Waals surface area contributed by atoms with E-state index in [1.54, 1.807) is 4.90 Å². The van der Waals surface area contributed by atoms with Gasteiger partial charge in [-0.15, -0.1) is 10.2 Å². The van der Waals surface area contributed by atoms with Crippen LogP contribution in [0.1, 0.15) is 17.5 Å². The lowest BCUT2D eigenvalue weighted by Gasteiger charge is -2.22. The largest absolute Gasteiger partial charge is 0.337 e. The molecular formula is C20H24N6O. The van der Waals surface area contributed by atoms with Crippen LogP contribution in [-0.4, -0.2) is 44.1 Å². The summed E-state index contributed by atoms with van der Waals surface area (Å²) in [5.41, 5.74) is 8.74. The van der Waals surface area contributed by atoms with Crippen LogP contribution in [0.15, 0.2) is 54.6 Å². The summed E-state index contributed by atoms with van der Waals surface area (Å²) in [6.07, 6.45) is 0.748. The van der Waals surface area contributed by atoms with E-state index >= 15 is 0 Å². The molecule has 0 bridgehead atoms. The van der Waals surface area contributed by atoms with E-state index in [-0.39, 0.29) is 12.5 Å². The number of aromatic nitrogens is 4. The van der Waals surface area contributed by atoms with E-state index in [0.717, 1.165) is 23.1 Å². The molecule has 2 N–H and O–H groups in total. The fourth-order valence-electron chi connectivity index (χ4n) is 2.73. The Kier molecular flexibility index (Phi) is 6.27. The quantitative estimate of drug-likeness (QED) is 0.660. The molecule has 3 aromatic rings. The Morgan fingerprint density at radius 3 is 2.56 bits per heavy atom. The molecular weight excluding hydrogens is 340 g/mol. The van der Waals surface area contributed by atoms with Gasteiger partial charge in [0.1, 0.15) is 6.54 Å². The van der Waals surface area contributed by atoms with Gasteiger partial charge in [-0.1, -0.05) is 60.2 Å². The number of hydrogen-bond donors (Lipinski definition) is 1. The zero-order chi connectivity index (χ0) is 19.1. The first kappa shape index (κ1) is 18.7. The molecule has 0 spiro atoms. The summed E-state index contributed by atoms with van der Waals surface area (Å²) in [6, 6.07) is 17.8. The molecule has 1 heterocycles. The fourth-order valence-corrected chi connectivity index (χ4v) is 2.73. The van der Waals surface area contributed by atoms with Crippen molar-refractivity contribution in [3.8, 4) is 11.4 Å². The lowest BCUT2D eigenvalue weighted by atomic mass is 10.1. The van der Waals surface area contributed by atoms with E-state index in [4.69, 9.17) is 5.73 Å². The molecule has 0 saturated carbocycles. The van der Waals surface area contributed by atoms with Gasteiger partial charge in [-0.05, 0) is 30.7 Å². The van der Waals surface area contributed by atoms with Crippen molar-refractivity contribution < 1.29 is 4.79 Å². The molecule has 0 aliphatic heterocycles. The summed E-state index contributed by atoms with van der Waals surface area (Å²) < 4.78 is 0. The SMILES string of the molecule is Cc1ccc(-c2nnn(CC(=O)N(CCCN)Cc3ccccc3)n2)cc1. The number of aryl methyl sites for hydroxylation is 1. The number of carbonyl (C=O) groups is 1. The average Bonchev–Trinajstić information content (AvgIpc) is 3.15. The van der Waals surface area contributed by atoms with Crippen molar-refractivity contribution in [2.24, 2.45) is 5.73 Å². The van der Waals surface area contributed by atoms with Gasteiger partial charge in [-0.25, -0.2) is 0 Å². The van der Waals surface area contributed by atoms with Crippen molar-refractivity contribution in [2.75, 3.05) is 13.1 Å². The number of nitrogens with two attached hydrogens (primary N) is 1. The van der Waals surface area contributed by atoms with Crippen molar-refractivity contribution in [3.05, 3.63) is 65.7 Å². The van der Waals surface area contributed by atoms with Crippen LogP contribution in [0, 0.1) is 6.92 Å². The summed E-state index contributed by atoms with van der Waals surface area (Å²) in [5.74, 6) is 0.458. The molecule has 3 rings (SSSR count). The smallest absolute Gasteiger partial charge is 0.246 e. The molecule has 0 atom stereocenters. The van der Waals surface area contributed by atoms with Gasteiger partial charge in [0, 0.05) is 18.7 Å². The minimum atomic E-state index is -0.0554. The Morgan fingerprint density at radius 2 is 1.85 bits per heavy atom. The zero-order valence-corrected chi connectivity index (χ0v) is 15.5. The minimum absolute atomic E-state index is 0.0519. The first-order valence-corrected chi connectivity index (χ1v) is 9.02. The molecule has 0 aliphatic rings. The Bertz CT molecular complexity index is 860. The van der Waals surface area contributed by atoms with Crippen LogP contribution in [0.2, 0.25) is 0 Å². The summed E-state index contributed by atoms with van der Waals surface area (Å²) >= 11 is 0. The van der Waals surface area contributed by atoms with Gasteiger partial charge < -0.3 is 10.6 Å². The molecule has 7 heteroatoms. The van der Waals surface area contributed by atoms with Gasteiger partial charge in [0.2, 0.25) is 11.7 Å². The first-order chi connectivity index (χ1) is 13.2. The number of hydrogen-bond acceptors (Lipinski definition) is 5. The highest BCUT2D eigenvalue weighted by molar-refractivity contribution is 5.75. The van der Waals surface area contributed by atoms with E-state index in [2.05, 4.69) is 15.4 Å². The normalized spacial score (nSPS) is 10.7. The van der Waals surface area contributed by atoms with E-state index in [1.165, 1.54) is 4.80 Å². The molecule has 1 amide bonds. The summed E-state index contributed by atoms with van der Waals surface area (Å²) in [4.78, 5) is 15.9. The van der Waals surface area contributed by atoms with Crippen LogP contribution in [0.5, 0.6) is 0 Å². The van der Waals surface area contributed by atoms with Crippen molar-refractivity contribution in [3.63, 3.8) is 0 Å². The number of amides is 1.